The predicted molar refractivity (Wildman–Crippen MR) is 111 cm³/mol. The van der Waals surface area contributed by atoms with E-state index in [-0.39, 0.29) is 29.2 Å². The number of alkyl halides is 1. The zero-order valence-electron chi connectivity index (χ0n) is 16.7. The summed E-state index contributed by atoms with van der Waals surface area (Å²) >= 11 is 5.89. The third-order valence-electron chi connectivity index (χ3n) is 3.96. The molecule has 1 heterocycles. The Morgan fingerprint density at radius 2 is 2.00 bits per heavy atom. The van der Waals surface area contributed by atoms with Crippen LogP contribution in [0.2, 0.25) is 0 Å². The molecule has 1 N–H and O–H groups in total. The van der Waals surface area contributed by atoms with E-state index in [1.165, 1.54) is 17.9 Å². The first-order valence-corrected chi connectivity index (χ1v) is 9.30. The molecular weight excluding hydrogens is 419 g/mol. The van der Waals surface area contributed by atoms with Crippen LogP contribution in [0.5, 0.6) is 5.75 Å². The van der Waals surface area contributed by atoms with E-state index >= 15 is 0 Å². The molecule has 0 spiro atoms. The van der Waals surface area contributed by atoms with Crippen LogP contribution in [0, 0.1) is 17.5 Å². The second-order valence-electron chi connectivity index (χ2n) is 6.47. The molecule has 30 heavy (non-hydrogen) atoms. The Hall–Kier alpha value is -3.00. The van der Waals surface area contributed by atoms with E-state index in [1.807, 2.05) is 0 Å². The highest BCUT2D eigenvalue weighted by atomic mass is 35.5. The molecule has 0 aliphatic rings. The van der Waals surface area contributed by atoms with Crippen LogP contribution in [0.1, 0.15) is 19.4 Å². The number of allylic oxidation sites excluding steroid dienone is 4. The molecule has 5 nitrogen and oxygen atoms in total. The average molecular weight is 440 g/mol. The van der Waals surface area contributed by atoms with E-state index in [0.717, 1.165) is 6.07 Å². The Bertz CT molecular complexity index is 1060. The van der Waals surface area contributed by atoms with Crippen molar-refractivity contribution < 1.29 is 17.9 Å². The van der Waals surface area contributed by atoms with Crippen molar-refractivity contribution in [2.45, 2.75) is 25.8 Å². The zero-order chi connectivity index (χ0) is 22.4. The minimum Gasteiger partial charge on any atom is -0.490 e. The third-order valence-corrected chi connectivity index (χ3v) is 4.10. The van der Waals surface area contributed by atoms with Crippen molar-refractivity contribution in [1.29, 1.82) is 0 Å². The van der Waals surface area contributed by atoms with Crippen LogP contribution in [0.15, 0.2) is 59.2 Å². The lowest BCUT2D eigenvalue weighted by Crippen LogP contribution is -2.20. The van der Waals surface area contributed by atoms with Gasteiger partial charge in [-0.25, -0.2) is 13.2 Å². The van der Waals surface area contributed by atoms with Gasteiger partial charge in [-0.05, 0) is 31.6 Å². The Morgan fingerprint density at radius 3 is 2.60 bits per heavy atom. The first-order chi connectivity index (χ1) is 14.1. The Labute approximate surface area is 177 Å². The molecule has 160 valence electrons. The van der Waals surface area contributed by atoms with Crippen LogP contribution in [0.4, 0.5) is 19.1 Å². The van der Waals surface area contributed by atoms with Crippen molar-refractivity contribution in [3.8, 4) is 5.75 Å². The van der Waals surface area contributed by atoms with Gasteiger partial charge >= 0.3 is 5.56 Å². The fourth-order valence-electron chi connectivity index (χ4n) is 2.42. The van der Waals surface area contributed by atoms with Crippen LogP contribution in [0.3, 0.4) is 0 Å². The van der Waals surface area contributed by atoms with Crippen molar-refractivity contribution >= 4 is 17.5 Å². The number of anilines is 1. The monoisotopic (exact) mass is 439 g/mol. The topological polar surface area (TPSA) is 56.1 Å². The van der Waals surface area contributed by atoms with E-state index in [2.05, 4.69) is 16.9 Å². The molecule has 1 atom stereocenters. The molecular formula is C21H21ClF3N3O2. The molecule has 0 radical (unpaired) electrons. The van der Waals surface area contributed by atoms with Crippen LogP contribution < -0.4 is 15.6 Å². The molecule has 0 amide bonds. The lowest BCUT2D eigenvalue weighted by molar-refractivity contribution is 0.402. The molecule has 0 saturated carbocycles. The lowest BCUT2D eigenvalue weighted by atomic mass is 10.2. The van der Waals surface area contributed by atoms with Gasteiger partial charge in [-0.2, -0.15) is 4.98 Å². The fraction of sp³-hybridized carbons (Fsp3) is 0.238. The van der Waals surface area contributed by atoms with Gasteiger partial charge in [0, 0.05) is 22.7 Å². The summed E-state index contributed by atoms with van der Waals surface area (Å²) in [4.78, 5) is 16.1. The quantitative estimate of drug-likeness (QED) is 0.365. The minimum atomic E-state index is -1.29. The number of ether oxygens (including phenoxy) is 1. The summed E-state index contributed by atoms with van der Waals surface area (Å²) in [6, 6.07) is 1.21. The molecule has 1 aromatic heterocycles. The van der Waals surface area contributed by atoms with Gasteiger partial charge in [0.1, 0.15) is 5.82 Å². The van der Waals surface area contributed by atoms with E-state index in [1.54, 1.807) is 32.1 Å². The summed E-state index contributed by atoms with van der Waals surface area (Å²) in [7, 11) is 1.28. The number of nitrogens with one attached hydrogen (secondary N) is 1. The van der Waals surface area contributed by atoms with Gasteiger partial charge in [-0.3, -0.25) is 4.79 Å². The number of benzene rings is 1. The number of hydrogen-bond acceptors (Lipinski definition) is 4. The Balaban J connectivity index is 2.51. The number of hydrogen-bond donors (Lipinski definition) is 1. The normalized spacial score (nSPS) is 12.8. The SMILES string of the molecule is C=C(C)/C(=C\C=C/C(C)Cl)Nc1nc(=O)c(OC)cn1Cc1cc(F)c(F)cc1F. The van der Waals surface area contributed by atoms with Gasteiger partial charge in [-0.15, -0.1) is 11.6 Å². The number of rotatable bonds is 8. The molecule has 9 heteroatoms. The second kappa shape index (κ2) is 10.2. The van der Waals surface area contributed by atoms with E-state index in [9.17, 15) is 18.0 Å². The lowest BCUT2D eigenvalue weighted by Gasteiger charge is -2.17. The van der Waals surface area contributed by atoms with Gasteiger partial charge in [0.2, 0.25) is 11.7 Å². The molecule has 2 aromatic rings. The fourth-order valence-corrected chi connectivity index (χ4v) is 2.50. The Morgan fingerprint density at radius 1 is 1.33 bits per heavy atom. The van der Waals surface area contributed by atoms with Gasteiger partial charge in [-0.1, -0.05) is 18.7 Å². The summed E-state index contributed by atoms with van der Waals surface area (Å²) in [5, 5.41) is 2.76. The summed E-state index contributed by atoms with van der Waals surface area (Å²) < 4.78 is 47.3. The average Bonchev–Trinajstić information content (AvgIpc) is 2.66. The maximum Gasteiger partial charge on any atom is 0.316 e. The highest BCUT2D eigenvalue weighted by molar-refractivity contribution is 6.21. The molecule has 2 rings (SSSR count). The van der Waals surface area contributed by atoms with Crippen LogP contribution >= 0.6 is 11.6 Å². The van der Waals surface area contributed by atoms with Crippen molar-refractivity contribution in [2.24, 2.45) is 0 Å². The molecule has 0 fully saturated rings. The van der Waals surface area contributed by atoms with Gasteiger partial charge in [0.15, 0.2) is 11.6 Å². The van der Waals surface area contributed by atoms with E-state index < -0.39 is 23.0 Å². The first kappa shape index (κ1) is 23.3. The molecule has 1 unspecified atom stereocenters. The van der Waals surface area contributed by atoms with Crippen molar-refractivity contribution in [3.05, 3.63) is 87.8 Å². The molecule has 0 aliphatic carbocycles. The Kier molecular flexibility index (Phi) is 7.88. The summed E-state index contributed by atoms with van der Waals surface area (Å²) in [5.74, 6) is -3.48. The van der Waals surface area contributed by atoms with Gasteiger partial charge in [0.05, 0.1) is 19.9 Å². The highest BCUT2D eigenvalue weighted by Gasteiger charge is 2.15. The second-order valence-corrected chi connectivity index (χ2v) is 7.16. The molecule has 0 bridgehead atoms. The summed E-state index contributed by atoms with van der Waals surface area (Å²) in [6.07, 6.45) is 6.41. The van der Waals surface area contributed by atoms with Gasteiger partial charge in [0.25, 0.3) is 0 Å². The van der Waals surface area contributed by atoms with Gasteiger partial charge < -0.3 is 14.6 Å². The van der Waals surface area contributed by atoms with Crippen LogP contribution in [-0.4, -0.2) is 22.0 Å². The summed E-state index contributed by atoms with van der Waals surface area (Å²) in [5.41, 5.74) is 0.340. The smallest absolute Gasteiger partial charge is 0.316 e. The number of halogens is 4. The largest absolute Gasteiger partial charge is 0.490 e. The maximum absolute atomic E-state index is 14.1. The molecule has 1 aromatic carbocycles. The molecule has 0 aliphatic heterocycles. The van der Waals surface area contributed by atoms with E-state index in [0.29, 0.717) is 17.3 Å². The third kappa shape index (κ3) is 6.00. The van der Waals surface area contributed by atoms with Crippen molar-refractivity contribution in [1.82, 2.24) is 9.55 Å². The zero-order valence-corrected chi connectivity index (χ0v) is 17.4. The van der Waals surface area contributed by atoms with Crippen LogP contribution in [-0.2, 0) is 6.54 Å². The number of nitrogens with zero attached hydrogens (tertiary/aromatic N) is 2. The van der Waals surface area contributed by atoms with Crippen molar-refractivity contribution in [3.63, 3.8) is 0 Å². The van der Waals surface area contributed by atoms with Crippen LogP contribution in [0.25, 0.3) is 0 Å². The number of aromatic nitrogens is 2. The number of methoxy groups -OCH3 is 1. The highest BCUT2D eigenvalue weighted by Crippen LogP contribution is 2.19. The van der Waals surface area contributed by atoms with E-state index in [4.69, 9.17) is 16.3 Å². The maximum atomic E-state index is 14.1. The molecule has 0 saturated heterocycles. The predicted octanol–water partition coefficient (Wildman–Crippen LogP) is 4.77. The van der Waals surface area contributed by atoms with Crippen molar-refractivity contribution in [2.75, 3.05) is 12.4 Å². The minimum absolute atomic E-state index is 0.0338. The first-order valence-electron chi connectivity index (χ1n) is 8.86. The standard InChI is InChI=1S/C21H21ClF3N3O2/c1-12(2)18(7-5-6-13(3)22)26-21-27-20(29)19(30-4)11-28(21)10-14-8-16(24)17(25)9-15(14)23/h5-9,11,13H,1,10H2,2-4H3,(H,26,27,29)/b6-5-,18-7+. The summed E-state index contributed by atoms with van der Waals surface area (Å²) in [6.45, 7) is 7.15.